The Balaban J connectivity index is -0.0000000751. The van der Waals surface area contributed by atoms with Gasteiger partial charge in [0.1, 0.15) is 30.4 Å². The van der Waals surface area contributed by atoms with Crippen molar-refractivity contribution in [2.45, 2.75) is 35.5 Å². The largest absolute Gasteiger partial charge is 3.00 e. The van der Waals surface area contributed by atoms with Crippen LogP contribution in [0.25, 0.3) is 0 Å². The molecule has 0 bridgehead atoms. The molecule has 0 heterocycles. The molecule has 233 valence electrons. The van der Waals surface area contributed by atoms with Gasteiger partial charge in [-0.3, -0.25) is 0 Å². The van der Waals surface area contributed by atoms with Crippen LogP contribution in [0.5, 0.6) is 0 Å². The van der Waals surface area contributed by atoms with Gasteiger partial charge in [0.05, 0.1) is 14.7 Å². The fraction of sp³-hybridized carbons (Fsp3) is 0.143. The molecule has 0 amide bonds. The minimum Gasteiger partial charge on any atom is -0.744 e. The molecule has 3 rings (SSSR count). The molecule has 0 aliphatic rings. The van der Waals surface area contributed by atoms with Gasteiger partial charge in [0.2, 0.25) is 0 Å². The summed E-state index contributed by atoms with van der Waals surface area (Å²) < 4.78 is 94.5. The Hall–Kier alpha value is -2.33. The fourth-order valence-corrected chi connectivity index (χ4v) is 4.63. The van der Waals surface area contributed by atoms with Crippen molar-refractivity contribution >= 4 is 30.4 Å². The van der Waals surface area contributed by atoms with E-state index in [1.165, 1.54) is 36.4 Å². The molecule has 3 aromatic carbocycles. The molecule has 1 radical (unpaired) electrons. The second-order valence-electron chi connectivity index (χ2n) is 6.66. The number of benzene rings is 3. The standard InChI is InChI=1S/3C7H8O3S.Fe.6H2O/c3*1-6-4-2-3-5-7(6)11(8,9)10;;;;;;;/h3*2-5H,1H3,(H,8,9,10);;6*1H2/q;;;+3;;;;;;/p-3. The first-order valence-corrected chi connectivity index (χ1v) is 13.3. The average molecular weight is 678 g/mol. The Morgan fingerprint density at radius 2 is 0.550 bits per heavy atom. The molecule has 0 unspecified atom stereocenters. The molecule has 0 atom stereocenters. The van der Waals surface area contributed by atoms with Crippen LogP contribution in [0.2, 0.25) is 0 Å². The molecular formula is C21H33FeO15S3. The molecule has 0 saturated carbocycles. The predicted molar refractivity (Wildman–Crippen MR) is 139 cm³/mol. The summed E-state index contributed by atoms with van der Waals surface area (Å²) in [5.41, 5.74) is 1.47. The van der Waals surface area contributed by atoms with Gasteiger partial charge in [-0.1, -0.05) is 54.6 Å². The zero-order valence-electron chi connectivity index (χ0n) is 21.2. The number of hydrogen-bond acceptors (Lipinski definition) is 9. The van der Waals surface area contributed by atoms with Gasteiger partial charge in [-0.05, 0) is 55.7 Å². The minimum absolute atomic E-state index is 0. The molecule has 0 aliphatic heterocycles. The summed E-state index contributed by atoms with van der Waals surface area (Å²) in [4.78, 5) is -0.417. The molecule has 0 spiro atoms. The van der Waals surface area contributed by atoms with Crippen LogP contribution in [0.1, 0.15) is 16.7 Å². The number of hydrogen-bond donors (Lipinski definition) is 0. The van der Waals surface area contributed by atoms with E-state index in [0.717, 1.165) is 0 Å². The first-order valence-electron chi connectivity index (χ1n) is 9.09. The van der Waals surface area contributed by atoms with Crippen LogP contribution >= 0.6 is 0 Å². The first-order chi connectivity index (χ1) is 15.0. The van der Waals surface area contributed by atoms with Crippen molar-refractivity contribution in [2.75, 3.05) is 0 Å². The van der Waals surface area contributed by atoms with Crippen molar-refractivity contribution in [1.82, 2.24) is 0 Å². The van der Waals surface area contributed by atoms with Gasteiger partial charge < -0.3 is 46.5 Å². The first kappa shape index (κ1) is 53.9. The molecule has 12 N–H and O–H groups in total. The second kappa shape index (κ2) is 22.4. The Bertz CT molecular complexity index is 1250. The minimum atomic E-state index is -4.28. The van der Waals surface area contributed by atoms with Gasteiger partial charge in [0.25, 0.3) is 0 Å². The SMILES string of the molecule is Cc1ccccc1S(=O)(=O)[O-].Cc1ccccc1S(=O)(=O)[O-].Cc1ccccc1S(=O)(=O)[O-].O.O.O.O.O.O.[Fe+3]. The topological polar surface area (TPSA) is 361 Å². The summed E-state index contributed by atoms with van der Waals surface area (Å²) >= 11 is 0. The van der Waals surface area contributed by atoms with E-state index in [1.54, 1.807) is 57.2 Å². The third kappa shape index (κ3) is 18.1. The monoisotopic (exact) mass is 677 g/mol. The zero-order chi connectivity index (χ0) is 25.4. The third-order valence-corrected chi connectivity index (χ3v) is 7.08. The van der Waals surface area contributed by atoms with E-state index in [2.05, 4.69) is 0 Å². The maximum Gasteiger partial charge on any atom is 3.00 e. The molecule has 0 saturated heterocycles. The Labute approximate surface area is 243 Å². The summed E-state index contributed by atoms with van der Waals surface area (Å²) in [5, 5.41) is 0. The number of aryl methyl sites for hydroxylation is 3. The summed E-state index contributed by atoms with van der Waals surface area (Å²) in [6.07, 6.45) is 0. The van der Waals surface area contributed by atoms with Gasteiger partial charge >= 0.3 is 17.1 Å². The maximum atomic E-state index is 10.5. The molecule has 0 aliphatic carbocycles. The van der Waals surface area contributed by atoms with Crippen molar-refractivity contribution in [3.05, 3.63) is 89.5 Å². The van der Waals surface area contributed by atoms with Crippen molar-refractivity contribution in [1.29, 1.82) is 0 Å². The molecule has 0 fully saturated rings. The summed E-state index contributed by atoms with van der Waals surface area (Å²) in [5.74, 6) is 0. The molecule has 15 nitrogen and oxygen atoms in total. The molecular weight excluding hydrogens is 644 g/mol. The van der Waals surface area contributed by atoms with Gasteiger partial charge in [-0.15, -0.1) is 0 Å². The Kier molecular flexibility index (Phi) is 30.1. The van der Waals surface area contributed by atoms with Crippen LogP contribution in [-0.4, -0.2) is 71.8 Å². The van der Waals surface area contributed by atoms with Crippen LogP contribution in [0.4, 0.5) is 0 Å². The second-order valence-corrected chi connectivity index (χ2v) is 10.7. The van der Waals surface area contributed by atoms with Gasteiger partial charge in [0.15, 0.2) is 0 Å². The van der Waals surface area contributed by atoms with Crippen LogP contribution in [0.15, 0.2) is 87.5 Å². The molecule has 40 heavy (non-hydrogen) atoms. The maximum absolute atomic E-state index is 10.5. The fourth-order valence-electron chi connectivity index (χ4n) is 2.51. The Morgan fingerprint density at radius 3 is 0.650 bits per heavy atom. The third-order valence-electron chi connectivity index (χ3n) is 4.09. The summed E-state index contributed by atoms with van der Waals surface area (Å²) in [6.45, 7) is 4.76. The summed E-state index contributed by atoms with van der Waals surface area (Å²) in [7, 11) is -12.9. The van der Waals surface area contributed by atoms with E-state index in [0.29, 0.717) is 16.7 Å². The van der Waals surface area contributed by atoms with Crippen molar-refractivity contribution in [2.24, 2.45) is 0 Å². The van der Waals surface area contributed by atoms with Crippen molar-refractivity contribution in [3.8, 4) is 0 Å². The zero-order valence-corrected chi connectivity index (χ0v) is 24.7. The van der Waals surface area contributed by atoms with E-state index in [4.69, 9.17) is 0 Å². The van der Waals surface area contributed by atoms with E-state index in [1.807, 2.05) is 0 Å². The van der Waals surface area contributed by atoms with Crippen molar-refractivity contribution in [3.63, 3.8) is 0 Å². The molecule has 19 heteroatoms. The van der Waals surface area contributed by atoms with Crippen LogP contribution < -0.4 is 0 Å². The smallest absolute Gasteiger partial charge is 0.744 e. The normalized spacial score (nSPS) is 9.45. The average Bonchev–Trinajstić information content (AvgIpc) is 2.67. The Morgan fingerprint density at radius 1 is 0.400 bits per heavy atom. The van der Waals surface area contributed by atoms with E-state index in [9.17, 15) is 38.9 Å². The van der Waals surface area contributed by atoms with E-state index in [-0.39, 0.29) is 64.6 Å². The van der Waals surface area contributed by atoms with Gasteiger partial charge in [-0.2, -0.15) is 0 Å². The van der Waals surface area contributed by atoms with E-state index >= 15 is 0 Å². The van der Waals surface area contributed by atoms with E-state index < -0.39 is 30.4 Å². The summed E-state index contributed by atoms with van der Waals surface area (Å²) in [6, 6.07) is 18.3. The molecule has 3 aromatic rings. The van der Waals surface area contributed by atoms with Crippen LogP contribution in [-0.2, 0) is 47.4 Å². The predicted octanol–water partition coefficient (Wildman–Crippen LogP) is -2.25. The van der Waals surface area contributed by atoms with Gasteiger partial charge in [0, 0.05) is 0 Å². The van der Waals surface area contributed by atoms with Crippen LogP contribution in [0, 0.1) is 20.8 Å². The number of rotatable bonds is 3. The van der Waals surface area contributed by atoms with Gasteiger partial charge in [-0.25, -0.2) is 25.3 Å². The van der Waals surface area contributed by atoms with Crippen molar-refractivity contribution < 1.29 is 88.8 Å². The molecule has 0 aromatic heterocycles. The quantitative estimate of drug-likeness (QED) is 0.213. The van der Waals surface area contributed by atoms with Crippen LogP contribution in [0.3, 0.4) is 0 Å².